The third-order valence-electron chi connectivity index (χ3n) is 3.07. The fourth-order valence-electron chi connectivity index (χ4n) is 2.34. The first-order chi connectivity index (χ1) is 6.20. The van der Waals surface area contributed by atoms with Gasteiger partial charge < -0.3 is 15.1 Å². The first-order valence-corrected chi connectivity index (χ1v) is 4.89. The van der Waals surface area contributed by atoms with E-state index in [4.69, 9.17) is 0 Å². The maximum Gasteiger partial charge on any atom is 0.319 e. The van der Waals surface area contributed by atoms with Gasteiger partial charge in [-0.2, -0.15) is 0 Å². The minimum atomic E-state index is 0.163. The summed E-state index contributed by atoms with van der Waals surface area (Å²) >= 11 is 0. The molecule has 2 aliphatic rings. The smallest absolute Gasteiger partial charge is 0.319 e. The number of carbonyl (C=O) groups is 1. The van der Waals surface area contributed by atoms with Crippen molar-refractivity contribution < 1.29 is 4.79 Å². The highest BCUT2D eigenvalue weighted by Crippen LogP contribution is 2.27. The minimum Gasteiger partial charge on any atom is -0.331 e. The van der Waals surface area contributed by atoms with Gasteiger partial charge in [0.25, 0.3) is 0 Å². The summed E-state index contributed by atoms with van der Waals surface area (Å²) in [7, 11) is 3.64. The van der Waals surface area contributed by atoms with E-state index < -0.39 is 0 Å². The molecule has 0 unspecified atom stereocenters. The highest BCUT2D eigenvalue weighted by Gasteiger charge is 2.40. The lowest BCUT2D eigenvalue weighted by molar-refractivity contribution is 0.166. The van der Waals surface area contributed by atoms with E-state index in [1.807, 2.05) is 19.0 Å². The molecule has 2 saturated heterocycles. The van der Waals surface area contributed by atoms with Gasteiger partial charge in [-0.05, 0) is 12.3 Å². The molecule has 0 saturated carbocycles. The van der Waals surface area contributed by atoms with Crippen molar-refractivity contribution in [2.75, 3.05) is 33.7 Å². The van der Waals surface area contributed by atoms with Crippen molar-refractivity contribution in [1.82, 2.24) is 15.1 Å². The van der Waals surface area contributed by atoms with Crippen LogP contribution in [-0.2, 0) is 0 Å². The maximum absolute atomic E-state index is 11.7. The lowest BCUT2D eigenvalue weighted by atomic mass is 10.1. The summed E-state index contributed by atoms with van der Waals surface area (Å²) < 4.78 is 0. The molecule has 13 heavy (non-hydrogen) atoms. The molecule has 2 aliphatic heterocycles. The lowest BCUT2D eigenvalue weighted by Gasteiger charge is -2.26. The van der Waals surface area contributed by atoms with Crippen LogP contribution in [0.2, 0.25) is 0 Å². The van der Waals surface area contributed by atoms with Crippen LogP contribution in [0.15, 0.2) is 0 Å². The van der Waals surface area contributed by atoms with Crippen LogP contribution in [0.5, 0.6) is 0 Å². The molecule has 0 spiro atoms. The molecule has 2 amide bonds. The molecule has 2 atom stereocenters. The average molecular weight is 183 g/mol. The van der Waals surface area contributed by atoms with Gasteiger partial charge in [-0.1, -0.05) is 0 Å². The highest BCUT2D eigenvalue weighted by atomic mass is 16.2. The van der Waals surface area contributed by atoms with Crippen LogP contribution in [0.3, 0.4) is 0 Å². The Kier molecular flexibility index (Phi) is 2.15. The predicted octanol–water partition coefficient (Wildman–Crippen LogP) is -0.0383. The van der Waals surface area contributed by atoms with Crippen molar-refractivity contribution in [3.8, 4) is 0 Å². The topological polar surface area (TPSA) is 35.6 Å². The second-order valence-electron chi connectivity index (χ2n) is 4.14. The molecule has 1 N–H and O–H groups in total. The van der Waals surface area contributed by atoms with Crippen molar-refractivity contribution in [2.24, 2.45) is 5.92 Å². The molecule has 2 fully saturated rings. The average Bonchev–Trinajstić information content (AvgIpc) is 2.61. The van der Waals surface area contributed by atoms with E-state index in [1.165, 1.54) is 0 Å². The Balaban J connectivity index is 2.04. The van der Waals surface area contributed by atoms with Gasteiger partial charge in [0.1, 0.15) is 0 Å². The normalized spacial score (nSPS) is 32.0. The molecule has 0 radical (unpaired) electrons. The summed E-state index contributed by atoms with van der Waals surface area (Å²) in [4.78, 5) is 15.4. The second-order valence-corrected chi connectivity index (χ2v) is 4.14. The van der Waals surface area contributed by atoms with E-state index in [-0.39, 0.29) is 6.03 Å². The summed E-state index contributed by atoms with van der Waals surface area (Å²) in [5, 5.41) is 3.34. The van der Waals surface area contributed by atoms with Gasteiger partial charge in [0.2, 0.25) is 0 Å². The van der Waals surface area contributed by atoms with Gasteiger partial charge in [-0.3, -0.25) is 0 Å². The summed E-state index contributed by atoms with van der Waals surface area (Å²) in [6, 6.07) is 0.617. The molecule has 2 heterocycles. The van der Waals surface area contributed by atoms with Crippen LogP contribution in [-0.4, -0.2) is 55.6 Å². The fraction of sp³-hybridized carbons (Fsp3) is 0.889. The SMILES string of the molecule is CN(C)C(=O)N1CC[C@@H]2CNC[C@@H]21. The third-order valence-corrected chi connectivity index (χ3v) is 3.07. The number of amides is 2. The molecule has 0 aliphatic carbocycles. The van der Waals surface area contributed by atoms with Crippen LogP contribution >= 0.6 is 0 Å². The zero-order valence-electron chi connectivity index (χ0n) is 8.29. The van der Waals surface area contributed by atoms with E-state index in [0.29, 0.717) is 12.0 Å². The van der Waals surface area contributed by atoms with E-state index >= 15 is 0 Å². The number of likely N-dealkylation sites (tertiary alicyclic amines) is 1. The largest absolute Gasteiger partial charge is 0.331 e. The van der Waals surface area contributed by atoms with Crippen molar-refractivity contribution in [1.29, 1.82) is 0 Å². The molecule has 0 aromatic carbocycles. The molecular weight excluding hydrogens is 166 g/mol. The molecule has 74 valence electrons. The number of hydrogen-bond donors (Lipinski definition) is 1. The van der Waals surface area contributed by atoms with Gasteiger partial charge in [-0.25, -0.2) is 4.79 Å². The van der Waals surface area contributed by atoms with E-state index in [2.05, 4.69) is 5.32 Å². The van der Waals surface area contributed by atoms with Crippen LogP contribution in [0.25, 0.3) is 0 Å². The monoisotopic (exact) mass is 183 g/mol. The molecule has 0 bridgehead atoms. The minimum absolute atomic E-state index is 0.163. The molecule has 0 aromatic rings. The zero-order chi connectivity index (χ0) is 9.42. The molecule has 4 heteroatoms. The van der Waals surface area contributed by atoms with Gasteiger partial charge in [0, 0.05) is 39.8 Å². The Morgan fingerprint density at radius 2 is 2.23 bits per heavy atom. The number of fused-ring (bicyclic) bond motifs is 1. The van der Waals surface area contributed by atoms with Crippen LogP contribution < -0.4 is 5.32 Å². The van der Waals surface area contributed by atoms with Gasteiger partial charge in [-0.15, -0.1) is 0 Å². The predicted molar refractivity (Wildman–Crippen MR) is 50.6 cm³/mol. The van der Waals surface area contributed by atoms with E-state index in [0.717, 1.165) is 26.1 Å². The zero-order valence-corrected chi connectivity index (χ0v) is 8.29. The summed E-state index contributed by atoms with van der Waals surface area (Å²) in [5.41, 5.74) is 0. The highest BCUT2D eigenvalue weighted by molar-refractivity contribution is 5.74. The number of hydrogen-bond acceptors (Lipinski definition) is 2. The summed E-state index contributed by atoms with van der Waals surface area (Å²) in [6.45, 7) is 3.00. The Morgan fingerprint density at radius 3 is 2.92 bits per heavy atom. The maximum atomic E-state index is 11.7. The summed E-state index contributed by atoms with van der Waals surface area (Å²) in [6.07, 6.45) is 1.16. The van der Waals surface area contributed by atoms with Crippen LogP contribution in [0.1, 0.15) is 6.42 Å². The molecule has 2 rings (SSSR count). The van der Waals surface area contributed by atoms with E-state index in [1.54, 1.807) is 4.90 Å². The van der Waals surface area contributed by atoms with Crippen molar-refractivity contribution in [3.63, 3.8) is 0 Å². The molecule has 0 aromatic heterocycles. The van der Waals surface area contributed by atoms with Crippen LogP contribution in [0.4, 0.5) is 4.79 Å². The van der Waals surface area contributed by atoms with Crippen molar-refractivity contribution in [3.05, 3.63) is 0 Å². The summed E-state index contributed by atoms with van der Waals surface area (Å²) in [5.74, 6) is 0.698. The Bertz CT molecular complexity index is 217. The number of urea groups is 1. The molecular formula is C9H17N3O. The second kappa shape index (κ2) is 3.18. The third kappa shape index (κ3) is 1.39. The Hall–Kier alpha value is -0.770. The standard InChI is InChI=1S/C9H17N3O/c1-11(2)9(13)12-4-3-7-5-10-6-8(7)12/h7-8,10H,3-6H2,1-2H3/t7-,8+/m1/s1. The quantitative estimate of drug-likeness (QED) is 0.572. The number of rotatable bonds is 0. The Labute approximate surface area is 78.9 Å². The van der Waals surface area contributed by atoms with E-state index in [9.17, 15) is 4.79 Å². The number of nitrogens with zero attached hydrogens (tertiary/aromatic N) is 2. The van der Waals surface area contributed by atoms with Crippen molar-refractivity contribution >= 4 is 6.03 Å². The Morgan fingerprint density at radius 1 is 1.46 bits per heavy atom. The van der Waals surface area contributed by atoms with Gasteiger partial charge >= 0.3 is 6.03 Å². The first kappa shape index (κ1) is 8.81. The molecule has 4 nitrogen and oxygen atoms in total. The van der Waals surface area contributed by atoms with Crippen molar-refractivity contribution in [2.45, 2.75) is 12.5 Å². The van der Waals surface area contributed by atoms with Crippen LogP contribution in [0, 0.1) is 5.92 Å². The first-order valence-electron chi connectivity index (χ1n) is 4.89. The fourth-order valence-corrected chi connectivity index (χ4v) is 2.34. The number of carbonyl (C=O) groups excluding carboxylic acids is 1. The van der Waals surface area contributed by atoms with Gasteiger partial charge in [0.15, 0.2) is 0 Å². The number of nitrogens with one attached hydrogen (secondary N) is 1. The lowest BCUT2D eigenvalue weighted by Crippen LogP contribution is -2.44. The van der Waals surface area contributed by atoms with Gasteiger partial charge in [0.05, 0.1) is 0 Å².